The van der Waals surface area contributed by atoms with Gasteiger partial charge in [0, 0.05) is 45.9 Å². The van der Waals surface area contributed by atoms with E-state index in [2.05, 4.69) is 39.6 Å². The summed E-state index contributed by atoms with van der Waals surface area (Å²) in [6.45, 7) is 7.74. The average molecular weight is 348 g/mol. The Morgan fingerprint density at radius 3 is 2.52 bits per heavy atom. The fraction of sp³-hybridized carbons (Fsp3) is 0.632. The molecule has 1 heterocycles. The van der Waals surface area contributed by atoms with Crippen molar-refractivity contribution in [2.75, 3.05) is 52.9 Å². The monoisotopic (exact) mass is 348 g/mol. The molecule has 1 aromatic carbocycles. The normalized spacial score (nSPS) is 18.5. The fourth-order valence-electron chi connectivity index (χ4n) is 3.01. The Hall–Kier alpha value is -1.63. The Balaban J connectivity index is 1.91. The maximum atomic E-state index is 12.3. The Morgan fingerprint density at radius 2 is 1.88 bits per heavy atom. The highest BCUT2D eigenvalue weighted by Crippen LogP contribution is 2.15. The van der Waals surface area contributed by atoms with Gasteiger partial charge >= 0.3 is 6.03 Å². The number of rotatable bonds is 8. The zero-order valence-electron chi connectivity index (χ0n) is 15.4. The van der Waals surface area contributed by atoms with Crippen molar-refractivity contribution >= 4 is 6.03 Å². The van der Waals surface area contributed by atoms with Gasteiger partial charge in [0.05, 0.1) is 6.04 Å². The van der Waals surface area contributed by atoms with Crippen LogP contribution in [0.25, 0.3) is 0 Å². The van der Waals surface area contributed by atoms with E-state index in [-0.39, 0.29) is 24.6 Å². The van der Waals surface area contributed by atoms with Crippen molar-refractivity contribution in [1.29, 1.82) is 0 Å². The molecular weight excluding hydrogens is 316 g/mol. The summed E-state index contributed by atoms with van der Waals surface area (Å²) in [5, 5.41) is 15.0. The molecule has 0 bridgehead atoms. The number of hydrogen-bond donors (Lipinski definition) is 3. The molecule has 1 aliphatic rings. The third-order valence-corrected chi connectivity index (χ3v) is 4.78. The zero-order chi connectivity index (χ0) is 18.1. The highest BCUT2D eigenvalue weighted by molar-refractivity contribution is 5.74. The second-order valence-corrected chi connectivity index (χ2v) is 7.04. The van der Waals surface area contributed by atoms with Crippen LogP contribution in [0.3, 0.4) is 0 Å². The molecule has 3 N–H and O–H groups in total. The molecule has 6 nitrogen and oxygen atoms in total. The second-order valence-electron chi connectivity index (χ2n) is 7.04. The summed E-state index contributed by atoms with van der Waals surface area (Å²) in [5.41, 5.74) is 1.12. The maximum absolute atomic E-state index is 12.3. The third kappa shape index (κ3) is 7.02. The smallest absolute Gasteiger partial charge is 0.315 e. The highest BCUT2D eigenvalue weighted by atomic mass is 16.3. The quantitative estimate of drug-likeness (QED) is 0.662. The number of likely N-dealkylation sites (N-methyl/N-ethyl adjacent to an activating group) is 1. The standard InChI is InChI=1S/C19H32N4O2/c1-16(8-13-24)14-20-19(25)21-18(17-6-4-3-5-7-17)15-23-11-9-22(2)10-12-23/h3-7,16,18,24H,8-15H2,1-2H3,(H2,20,21,25). The average Bonchev–Trinajstić information content (AvgIpc) is 2.62. The second kappa shape index (κ2) is 10.4. The molecule has 2 rings (SSSR count). The molecule has 0 saturated carbocycles. The molecule has 2 atom stereocenters. The zero-order valence-corrected chi connectivity index (χ0v) is 15.4. The summed E-state index contributed by atoms with van der Waals surface area (Å²) in [6, 6.07) is 9.97. The summed E-state index contributed by atoms with van der Waals surface area (Å²) in [6.07, 6.45) is 0.698. The van der Waals surface area contributed by atoms with Crippen LogP contribution in [-0.4, -0.2) is 73.9 Å². The number of aliphatic hydroxyl groups excluding tert-OH is 1. The summed E-state index contributed by atoms with van der Waals surface area (Å²) >= 11 is 0. The van der Waals surface area contributed by atoms with Crippen LogP contribution in [0.5, 0.6) is 0 Å². The van der Waals surface area contributed by atoms with E-state index in [1.54, 1.807) is 0 Å². The van der Waals surface area contributed by atoms with Crippen molar-refractivity contribution in [2.45, 2.75) is 19.4 Å². The number of urea groups is 1. The molecule has 6 heteroatoms. The molecule has 0 spiro atoms. The van der Waals surface area contributed by atoms with Gasteiger partial charge in [-0.25, -0.2) is 4.79 Å². The number of amides is 2. The van der Waals surface area contributed by atoms with E-state index in [1.807, 2.05) is 25.1 Å². The van der Waals surface area contributed by atoms with Crippen molar-refractivity contribution in [3.05, 3.63) is 35.9 Å². The molecule has 0 aromatic heterocycles. The van der Waals surface area contributed by atoms with Crippen LogP contribution in [0, 0.1) is 5.92 Å². The van der Waals surface area contributed by atoms with Gasteiger partial charge in [-0.1, -0.05) is 37.3 Å². The summed E-state index contributed by atoms with van der Waals surface area (Å²) < 4.78 is 0. The van der Waals surface area contributed by atoms with Crippen molar-refractivity contribution < 1.29 is 9.90 Å². The van der Waals surface area contributed by atoms with Gasteiger partial charge in [0.25, 0.3) is 0 Å². The van der Waals surface area contributed by atoms with Gasteiger partial charge < -0.3 is 20.6 Å². The number of nitrogens with zero attached hydrogens (tertiary/aromatic N) is 2. The number of carbonyl (C=O) groups excluding carboxylic acids is 1. The van der Waals surface area contributed by atoms with E-state index in [1.165, 1.54) is 0 Å². The topological polar surface area (TPSA) is 67.8 Å². The van der Waals surface area contributed by atoms with Crippen molar-refractivity contribution in [1.82, 2.24) is 20.4 Å². The molecular formula is C19H32N4O2. The molecule has 1 saturated heterocycles. The van der Waals surface area contributed by atoms with Crippen LogP contribution in [0.1, 0.15) is 24.9 Å². The van der Waals surface area contributed by atoms with E-state index in [4.69, 9.17) is 5.11 Å². The predicted octanol–water partition coefficient (Wildman–Crippen LogP) is 1.29. The summed E-state index contributed by atoms with van der Waals surface area (Å²) in [5.74, 6) is 0.267. The molecule has 1 aliphatic heterocycles. The Kier molecular flexibility index (Phi) is 8.18. The lowest BCUT2D eigenvalue weighted by molar-refractivity contribution is 0.142. The Bertz CT molecular complexity index is 503. The molecule has 2 amide bonds. The molecule has 1 aromatic rings. The first-order valence-electron chi connectivity index (χ1n) is 9.19. The van der Waals surface area contributed by atoms with Gasteiger partial charge in [0.1, 0.15) is 0 Å². The minimum absolute atomic E-state index is 0.0299. The van der Waals surface area contributed by atoms with Gasteiger partial charge in [0.2, 0.25) is 0 Å². The van der Waals surface area contributed by atoms with Crippen LogP contribution in [0.15, 0.2) is 30.3 Å². The minimum Gasteiger partial charge on any atom is -0.396 e. The van der Waals surface area contributed by atoms with Crippen LogP contribution in [-0.2, 0) is 0 Å². The van der Waals surface area contributed by atoms with Crippen LogP contribution in [0.2, 0.25) is 0 Å². The molecule has 1 fully saturated rings. The lowest BCUT2D eigenvalue weighted by Crippen LogP contribution is -2.49. The van der Waals surface area contributed by atoms with Crippen molar-refractivity contribution in [3.63, 3.8) is 0 Å². The first kappa shape index (κ1) is 19.7. The number of carbonyl (C=O) groups is 1. The van der Waals surface area contributed by atoms with Gasteiger partial charge in [-0.3, -0.25) is 4.90 Å². The SMILES string of the molecule is CC(CCO)CNC(=O)NC(CN1CCN(C)CC1)c1ccccc1. The third-order valence-electron chi connectivity index (χ3n) is 4.78. The lowest BCUT2D eigenvalue weighted by Gasteiger charge is -2.35. The van der Waals surface area contributed by atoms with Crippen LogP contribution >= 0.6 is 0 Å². The first-order valence-corrected chi connectivity index (χ1v) is 9.19. The lowest BCUT2D eigenvalue weighted by atomic mass is 10.1. The van der Waals surface area contributed by atoms with Crippen molar-refractivity contribution in [2.24, 2.45) is 5.92 Å². The maximum Gasteiger partial charge on any atom is 0.315 e. The summed E-state index contributed by atoms with van der Waals surface area (Å²) in [7, 11) is 2.14. The van der Waals surface area contributed by atoms with E-state index < -0.39 is 0 Å². The van der Waals surface area contributed by atoms with Gasteiger partial charge in [0.15, 0.2) is 0 Å². The Labute approximate surface area is 151 Å². The molecule has 140 valence electrons. The van der Waals surface area contributed by atoms with Gasteiger partial charge in [-0.05, 0) is 24.9 Å². The van der Waals surface area contributed by atoms with Crippen LogP contribution in [0.4, 0.5) is 4.79 Å². The molecule has 2 unspecified atom stereocenters. The molecule has 0 radical (unpaired) electrons. The number of piperazine rings is 1. The number of aliphatic hydroxyl groups is 1. The predicted molar refractivity (Wildman–Crippen MR) is 101 cm³/mol. The van der Waals surface area contributed by atoms with Gasteiger partial charge in [-0.2, -0.15) is 0 Å². The van der Waals surface area contributed by atoms with E-state index in [9.17, 15) is 4.79 Å². The fourth-order valence-corrected chi connectivity index (χ4v) is 3.01. The molecule has 25 heavy (non-hydrogen) atoms. The minimum atomic E-state index is -0.146. The largest absolute Gasteiger partial charge is 0.396 e. The number of hydrogen-bond acceptors (Lipinski definition) is 4. The van der Waals surface area contributed by atoms with Crippen LogP contribution < -0.4 is 10.6 Å². The van der Waals surface area contributed by atoms with Crippen molar-refractivity contribution in [3.8, 4) is 0 Å². The van der Waals surface area contributed by atoms with E-state index >= 15 is 0 Å². The van der Waals surface area contributed by atoms with E-state index in [0.29, 0.717) is 13.0 Å². The first-order chi connectivity index (χ1) is 12.1. The summed E-state index contributed by atoms with van der Waals surface area (Å²) in [4.78, 5) is 17.1. The number of nitrogens with one attached hydrogen (secondary N) is 2. The molecule has 0 aliphatic carbocycles. The van der Waals surface area contributed by atoms with E-state index in [0.717, 1.165) is 38.3 Å². The number of benzene rings is 1. The highest BCUT2D eigenvalue weighted by Gasteiger charge is 2.21. The Morgan fingerprint density at radius 1 is 1.20 bits per heavy atom. The van der Waals surface area contributed by atoms with Gasteiger partial charge in [-0.15, -0.1) is 0 Å².